The lowest BCUT2D eigenvalue weighted by molar-refractivity contribution is 0.554. The van der Waals surface area contributed by atoms with Crippen LogP contribution in [0.3, 0.4) is 0 Å². The first-order valence-electron chi connectivity index (χ1n) is 6.30. The van der Waals surface area contributed by atoms with Gasteiger partial charge in [-0.15, -0.1) is 6.58 Å². The predicted octanol–water partition coefficient (Wildman–Crippen LogP) is 2.35. The summed E-state index contributed by atoms with van der Waals surface area (Å²) in [5.41, 5.74) is 8.90. The number of rotatable bonds is 3. The Bertz CT molecular complexity index is 598. The first-order valence-corrected chi connectivity index (χ1v) is 6.30. The van der Waals surface area contributed by atoms with Crippen LogP contribution in [-0.4, -0.2) is 19.3 Å². The van der Waals surface area contributed by atoms with E-state index in [0.29, 0.717) is 12.4 Å². The van der Waals surface area contributed by atoms with Gasteiger partial charge in [-0.3, -0.25) is 4.68 Å². The average molecular weight is 259 g/mol. The predicted molar refractivity (Wildman–Crippen MR) is 77.7 cm³/mol. The smallest absolute Gasteiger partial charge is 0.131 e. The summed E-state index contributed by atoms with van der Waals surface area (Å²) in [4.78, 5) is 4.43. The largest absolute Gasteiger partial charge is 0.383 e. The van der Waals surface area contributed by atoms with E-state index in [-0.39, 0.29) is 5.41 Å². The number of hydrogen-bond acceptors (Lipinski definition) is 3. The van der Waals surface area contributed by atoms with Crippen molar-refractivity contribution in [2.75, 3.05) is 5.73 Å². The normalized spacial score (nSPS) is 11.8. The Balaban J connectivity index is 2.56. The van der Waals surface area contributed by atoms with E-state index in [0.717, 1.165) is 17.0 Å². The highest BCUT2D eigenvalue weighted by Gasteiger charge is 2.25. The van der Waals surface area contributed by atoms with Gasteiger partial charge in [-0.25, -0.2) is 4.98 Å². The number of imidazole rings is 1. The SMILES string of the molecule is C=CCn1cnc(-c2cn(C)nc2C(C)(C)C)c1N. The zero-order chi connectivity index (χ0) is 14.2. The molecule has 0 aromatic carbocycles. The van der Waals surface area contributed by atoms with Gasteiger partial charge in [0.1, 0.15) is 11.5 Å². The van der Waals surface area contributed by atoms with Gasteiger partial charge in [-0.2, -0.15) is 5.10 Å². The van der Waals surface area contributed by atoms with E-state index in [1.165, 1.54) is 0 Å². The first kappa shape index (κ1) is 13.4. The summed E-state index contributed by atoms with van der Waals surface area (Å²) in [6.07, 6.45) is 5.51. The van der Waals surface area contributed by atoms with Gasteiger partial charge in [0.05, 0.1) is 12.0 Å². The maximum atomic E-state index is 6.16. The van der Waals surface area contributed by atoms with Crippen LogP contribution in [0.4, 0.5) is 5.82 Å². The molecular weight excluding hydrogens is 238 g/mol. The van der Waals surface area contributed by atoms with Gasteiger partial charge in [0.25, 0.3) is 0 Å². The van der Waals surface area contributed by atoms with Crippen molar-refractivity contribution in [2.45, 2.75) is 32.7 Å². The van der Waals surface area contributed by atoms with Crippen molar-refractivity contribution < 1.29 is 0 Å². The molecule has 5 heteroatoms. The third kappa shape index (κ3) is 2.41. The Morgan fingerprint density at radius 2 is 2.11 bits per heavy atom. The molecule has 0 amide bonds. The molecule has 0 radical (unpaired) electrons. The van der Waals surface area contributed by atoms with Gasteiger partial charge in [0.2, 0.25) is 0 Å². The van der Waals surface area contributed by atoms with Crippen LogP contribution in [-0.2, 0) is 19.0 Å². The van der Waals surface area contributed by atoms with Crippen molar-refractivity contribution in [2.24, 2.45) is 7.05 Å². The number of anilines is 1. The molecule has 0 saturated heterocycles. The van der Waals surface area contributed by atoms with E-state index < -0.39 is 0 Å². The monoisotopic (exact) mass is 259 g/mol. The third-order valence-corrected chi connectivity index (χ3v) is 3.00. The van der Waals surface area contributed by atoms with E-state index in [4.69, 9.17) is 5.73 Å². The summed E-state index contributed by atoms with van der Waals surface area (Å²) in [5, 5.41) is 4.55. The Morgan fingerprint density at radius 1 is 1.42 bits per heavy atom. The highest BCUT2D eigenvalue weighted by Crippen LogP contribution is 2.33. The number of nitrogen functional groups attached to an aromatic ring is 1. The molecule has 2 N–H and O–H groups in total. The van der Waals surface area contributed by atoms with Gasteiger partial charge in [0, 0.05) is 30.8 Å². The number of nitrogens with two attached hydrogens (primary N) is 1. The Hall–Kier alpha value is -2.04. The minimum atomic E-state index is -0.0503. The second kappa shape index (κ2) is 4.57. The van der Waals surface area contributed by atoms with E-state index in [1.54, 1.807) is 12.4 Å². The molecule has 2 aromatic heterocycles. The van der Waals surface area contributed by atoms with Gasteiger partial charge in [-0.05, 0) is 0 Å². The van der Waals surface area contributed by atoms with Crippen LogP contribution in [0.5, 0.6) is 0 Å². The van der Waals surface area contributed by atoms with Crippen molar-refractivity contribution >= 4 is 5.82 Å². The Morgan fingerprint density at radius 3 is 2.68 bits per heavy atom. The van der Waals surface area contributed by atoms with Gasteiger partial charge in [-0.1, -0.05) is 26.8 Å². The standard InChI is InChI=1S/C14H21N5/c1-6-7-19-9-16-11(13(19)15)10-8-18(5)17-12(10)14(2,3)4/h6,8-9H,1,7,15H2,2-5H3. The molecule has 0 fully saturated rings. The molecule has 102 valence electrons. The van der Waals surface area contributed by atoms with E-state index in [2.05, 4.69) is 37.4 Å². The molecule has 0 atom stereocenters. The Labute approximate surface area is 113 Å². The quantitative estimate of drug-likeness (QED) is 0.861. The fourth-order valence-electron chi connectivity index (χ4n) is 2.10. The maximum absolute atomic E-state index is 6.16. The van der Waals surface area contributed by atoms with Gasteiger partial charge >= 0.3 is 0 Å². The summed E-state index contributed by atoms with van der Waals surface area (Å²) < 4.78 is 3.68. The van der Waals surface area contributed by atoms with Crippen LogP contribution in [0, 0.1) is 0 Å². The molecule has 0 bridgehead atoms. The minimum Gasteiger partial charge on any atom is -0.383 e. The fraction of sp³-hybridized carbons (Fsp3) is 0.429. The highest BCUT2D eigenvalue weighted by molar-refractivity contribution is 5.72. The number of nitrogens with zero attached hydrogens (tertiary/aromatic N) is 4. The summed E-state index contributed by atoms with van der Waals surface area (Å²) in [6.45, 7) is 10.8. The van der Waals surface area contributed by atoms with E-state index >= 15 is 0 Å². The first-order chi connectivity index (χ1) is 8.84. The molecule has 2 heterocycles. The van der Waals surface area contributed by atoms with Gasteiger partial charge < -0.3 is 10.3 Å². The molecule has 2 aromatic rings. The zero-order valence-corrected chi connectivity index (χ0v) is 12.0. The Kier molecular flexibility index (Phi) is 3.22. The lowest BCUT2D eigenvalue weighted by Gasteiger charge is -2.17. The number of aryl methyl sites for hydroxylation is 1. The third-order valence-electron chi connectivity index (χ3n) is 3.00. The molecule has 0 aliphatic heterocycles. The zero-order valence-electron chi connectivity index (χ0n) is 12.0. The second-order valence-electron chi connectivity index (χ2n) is 5.73. The van der Waals surface area contributed by atoms with Crippen LogP contribution < -0.4 is 5.73 Å². The molecule has 19 heavy (non-hydrogen) atoms. The van der Waals surface area contributed by atoms with Crippen LogP contribution in [0.1, 0.15) is 26.5 Å². The number of hydrogen-bond donors (Lipinski definition) is 1. The van der Waals surface area contributed by atoms with E-state index in [1.807, 2.05) is 22.5 Å². The lowest BCUT2D eigenvalue weighted by atomic mass is 9.89. The molecule has 0 unspecified atom stereocenters. The van der Waals surface area contributed by atoms with Crippen molar-refractivity contribution in [3.63, 3.8) is 0 Å². The van der Waals surface area contributed by atoms with Crippen LogP contribution in [0.2, 0.25) is 0 Å². The summed E-state index contributed by atoms with van der Waals surface area (Å²) in [7, 11) is 1.91. The molecule has 0 aliphatic carbocycles. The topological polar surface area (TPSA) is 61.7 Å². The molecule has 2 rings (SSSR count). The molecule has 0 aliphatic rings. The molecular formula is C14H21N5. The maximum Gasteiger partial charge on any atom is 0.131 e. The van der Waals surface area contributed by atoms with Crippen molar-refractivity contribution in [1.82, 2.24) is 19.3 Å². The van der Waals surface area contributed by atoms with Crippen LogP contribution >= 0.6 is 0 Å². The fourth-order valence-corrected chi connectivity index (χ4v) is 2.10. The average Bonchev–Trinajstić information content (AvgIpc) is 2.84. The summed E-state index contributed by atoms with van der Waals surface area (Å²) in [6, 6.07) is 0. The number of allylic oxidation sites excluding steroid dienone is 1. The molecule has 5 nitrogen and oxygen atoms in total. The van der Waals surface area contributed by atoms with Crippen molar-refractivity contribution in [3.05, 3.63) is 30.9 Å². The van der Waals surface area contributed by atoms with Crippen LogP contribution in [0.25, 0.3) is 11.3 Å². The summed E-state index contributed by atoms with van der Waals surface area (Å²) >= 11 is 0. The lowest BCUT2D eigenvalue weighted by Crippen LogP contribution is -2.14. The summed E-state index contributed by atoms with van der Waals surface area (Å²) in [5.74, 6) is 0.651. The number of aromatic nitrogens is 4. The minimum absolute atomic E-state index is 0.0503. The highest BCUT2D eigenvalue weighted by atomic mass is 15.3. The molecule has 0 spiro atoms. The van der Waals surface area contributed by atoms with Crippen molar-refractivity contribution in [1.29, 1.82) is 0 Å². The van der Waals surface area contributed by atoms with Crippen LogP contribution in [0.15, 0.2) is 25.2 Å². The molecule has 0 saturated carbocycles. The van der Waals surface area contributed by atoms with E-state index in [9.17, 15) is 0 Å². The van der Waals surface area contributed by atoms with Gasteiger partial charge in [0.15, 0.2) is 0 Å². The van der Waals surface area contributed by atoms with Crippen molar-refractivity contribution in [3.8, 4) is 11.3 Å². The second-order valence-corrected chi connectivity index (χ2v) is 5.73.